The first-order chi connectivity index (χ1) is 9.93. The summed E-state index contributed by atoms with van der Waals surface area (Å²) < 4.78 is 1.98. The third-order valence-corrected chi connectivity index (χ3v) is 3.22. The van der Waals surface area contributed by atoms with Crippen LogP contribution in [0.2, 0.25) is 0 Å². The SMILES string of the molecule is Cc1cc([N+](=O)[O-])ccc1-c1nnc(CN)n1CC(C)C. The summed E-state index contributed by atoms with van der Waals surface area (Å²) >= 11 is 0. The maximum atomic E-state index is 10.8. The first-order valence-corrected chi connectivity index (χ1v) is 6.81. The largest absolute Gasteiger partial charge is 0.324 e. The van der Waals surface area contributed by atoms with Crippen LogP contribution in [0.3, 0.4) is 0 Å². The van der Waals surface area contributed by atoms with Gasteiger partial charge in [-0.3, -0.25) is 10.1 Å². The Balaban J connectivity index is 2.51. The number of hydrogen-bond donors (Lipinski definition) is 1. The van der Waals surface area contributed by atoms with Gasteiger partial charge in [-0.1, -0.05) is 13.8 Å². The fourth-order valence-electron chi connectivity index (χ4n) is 2.25. The fraction of sp³-hybridized carbons (Fsp3) is 0.429. The highest BCUT2D eigenvalue weighted by Crippen LogP contribution is 2.26. The molecular formula is C14H19N5O2. The Morgan fingerprint density at radius 2 is 2.10 bits per heavy atom. The van der Waals surface area contributed by atoms with E-state index in [1.54, 1.807) is 12.1 Å². The zero-order valence-electron chi connectivity index (χ0n) is 12.4. The minimum Gasteiger partial charge on any atom is -0.324 e. The van der Waals surface area contributed by atoms with Gasteiger partial charge in [-0.25, -0.2) is 0 Å². The number of aromatic nitrogens is 3. The summed E-state index contributed by atoms with van der Waals surface area (Å²) in [6.07, 6.45) is 0. The summed E-state index contributed by atoms with van der Waals surface area (Å²) in [7, 11) is 0. The molecule has 0 bridgehead atoms. The molecule has 7 nitrogen and oxygen atoms in total. The Kier molecular flexibility index (Phi) is 4.32. The van der Waals surface area contributed by atoms with Crippen LogP contribution in [0, 0.1) is 23.0 Å². The molecule has 7 heteroatoms. The van der Waals surface area contributed by atoms with Crippen molar-refractivity contribution in [3.05, 3.63) is 39.7 Å². The van der Waals surface area contributed by atoms with E-state index in [9.17, 15) is 10.1 Å². The van der Waals surface area contributed by atoms with Crippen molar-refractivity contribution < 1.29 is 4.92 Å². The molecule has 1 heterocycles. The van der Waals surface area contributed by atoms with Gasteiger partial charge in [-0.15, -0.1) is 10.2 Å². The minimum atomic E-state index is -0.402. The van der Waals surface area contributed by atoms with E-state index >= 15 is 0 Å². The highest BCUT2D eigenvalue weighted by Gasteiger charge is 2.17. The van der Waals surface area contributed by atoms with Crippen LogP contribution in [-0.4, -0.2) is 19.7 Å². The first kappa shape index (κ1) is 15.1. The highest BCUT2D eigenvalue weighted by molar-refractivity contribution is 5.63. The van der Waals surface area contributed by atoms with Crippen molar-refractivity contribution in [2.24, 2.45) is 11.7 Å². The molecule has 0 aliphatic carbocycles. The average molecular weight is 289 g/mol. The van der Waals surface area contributed by atoms with Gasteiger partial charge in [0.25, 0.3) is 5.69 Å². The molecule has 0 spiro atoms. The first-order valence-electron chi connectivity index (χ1n) is 6.81. The van der Waals surface area contributed by atoms with E-state index in [2.05, 4.69) is 24.0 Å². The second-order valence-corrected chi connectivity index (χ2v) is 5.40. The molecule has 1 aromatic heterocycles. The molecule has 0 atom stereocenters. The number of non-ortho nitro benzene ring substituents is 1. The smallest absolute Gasteiger partial charge is 0.269 e. The van der Waals surface area contributed by atoms with Crippen molar-refractivity contribution in [1.29, 1.82) is 0 Å². The lowest BCUT2D eigenvalue weighted by atomic mass is 10.1. The van der Waals surface area contributed by atoms with Gasteiger partial charge in [0, 0.05) is 24.2 Å². The Morgan fingerprint density at radius 3 is 2.62 bits per heavy atom. The topological polar surface area (TPSA) is 99.9 Å². The molecule has 0 amide bonds. The van der Waals surface area contributed by atoms with E-state index in [4.69, 9.17) is 5.73 Å². The molecule has 0 radical (unpaired) electrons. The summed E-state index contributed by atoms with van der Waals surface area (Å²) in [5.74, 6) is 1.84. The number of nitrogens with two attached hydrogens (primary N) is 1. The zero-order chi connectivity index (χ0) is 15.6. The summed E-state index contributed by atoms with van der Waals surface area (Å²) in [5.41, 5.74) is 7.42. The molecule has 2 N–H and O–H groups in total. The number of benzene rings is 1. The van der Waals surface area contributed by atoms with Crippen LogP contribution in [-0.2, 0) is 13.1 Å². The van der Waals surface area contributed by atoms with Crippen LogP contribution < -0.4 is 5.73 Å². The third-order valence-electron chi connectivity index (χ3n) is 3.22. The Morgan fingerprint density at radius 1 is 1.38 bits per heavy atom. The monoisotopic (exact) mass is 289 g/mol. The summed E-state index contributed by atoms with van der Waals surface area (Å²) in [5, 5.41) is 19.1. The van der Waals surface area contributed by atoms with Crippen molar-refractivity contribution in [2.45, 2.75) is 33.9 Å². The van der Waals surface area contributed by atoms with Gasteiger partial charge in [0.05, 0.1) is 11.5 Å². The lowest BCUT2D eigenvalue weighted by molar-refractivity contribution is -0.384. The maximum absolute atomic E-state index is 10.8. The van der Waals surface area contributed by atoms with Gasteiger partial charge < -0.3 is 10.3 Å². The fourth-order valence-corrected chi connectivity index (χ4v) is 2.25. The number of nitro benzene ring substituents is 1. The van der Waals surface area contributed by atoms with Gasteiger partial charge in [-0.2, -0.15) is 0 Å². The van der Waals surface area contributed by atoms with Crippen LogP contribution in [0.15, 0.2) is 18.2 Å². The third kappa shape index (κ3) is 3.08. The number of rotatable bonds is 5. The number of hydrogen-bond acceptors (Lipinski definition) is 5. The van der Waals surface area contributed by atoms with Crippen molar-refractivity contribution in [2.75, 3.05) is 0 Å². The van der Waals surface area contributed by atoms with E-state index in [1.165, 1.54) is 6.07 Å². The number of nitrogens with zero attached hydrogens (tertiary/aromatic N) is 4. The van der Waals surface area contributed by atoms with Gasteiger partial charge in [0.15, 0.2) is 5.82 Å². The summed E-state index contributed by atoms with van der Waals surface area (Å²) in [4.78, 5) is 10.4. The van der Waals surface area contributed by atoms with Gasteiger partial charge in [0.2, 0.25) is 0 Å². The normalized spacial score (nSPS) is 11.1. The molecule has 112 valence electrons. The summed E-state index contributed by atoms with van der Waals surface area (Å²) in [6, 6.07) is 4.75. The molecule has 0 unspecified atom stereocenters. The van der Waals surface area contributed by atoms with E-state index in [-0.39, 0.29) is 5.69 Å². The van der Waals surface area contributed by atoms with Crippen LogP contribution in [0.25, 0.3) is 11.4 Å². The molecule has 2 aromatic rings. The van der Waals surface area contributed by atoms with Gasteiger partial charge >= 0.3 is 0 Å². The quantitative estimate of drug-likeness (QED) is 0.672. The second kappa shape index (κ2) is 6.01. The standard InChI is InChI=1S/C14H19N5O2/c1-9(2)8-18-13(7-15)16-17-14(18)12-5-4-11(19(20)21)6-10(12)3/h4-6,9H,7-8,15H2,1-3H3. The van der Waals surface area contributed by atoms with Crippen LogP contribution >= 0.6 is 0 Å². The number of nitro groups is 1. The van der Waals surface area contributed by atoms with E-state index in [1.807, 2.05) is 11.5 Å². The Bertz CT molecular complexity index is 663. The van der Waals surface area contributed by atoms with Crippen LogP contribution in [0.4, 0.5) is 5.69 Å². The minimum absolute atomic E-state index is 0.0743. The van der Waals surface area contributed by atoms with Crippen molar-refractivity contribution in [3.63, 3.8) is 0 Å². The molecule has 0 saturated carbocycles. The molecule has 21 heavy (non-hydrogen) atoms. The Hall–Kier alpha value is -2.28. The number of aryl methyl sites for hydroxylation is 1. The highest BCUT2D eigenvalue weighted by atomic mass is 16.6. The molecule has 2 rings (SSSR count). The maximum Gasteiger partial charge on any atom is 0.269 e. The lowest BCUT2D eigenvalue weighted by Gasteiger charge is -2.13. The second-order valence-electron chi connectivity index (χ2n) is 5.40. The Labute approximate surface area is 122 Å². The molecule has 0 fully saturated rings. The van der Waals surface area contributed by atoms with Gasteiger partial charge in [-0.05, 0) is 24.5 Å². The van der Waals surface area contributed by atoms with Crippen LogP contribution in [0.5, 0.6) is 0 Å². The molecule has 0 aliphatic heterocycles. The van der Waals surface area contributed by atoms with Crippen molar-refractivity contribution >= 4 is 5.69 Å². The summed E-state index contributed by atoms with van der Waals surface area (Å²) in [6.45, 7) is 7.11. The van der Waals surface area contributed by atoms with Crippen molar-refractivity contribution in [3.8, 4) is 11.4 Å². The molecule has 0 aliphatic rings. The predicted octanol–water partition coefficient (Wildman–Crippen LogP) is 2.28. The van der Waals surface area contributed by atoms with E-state index < -0.39 is 4.92 Å². The van der Waals surface area contributed by atoms with E-state index in [0.717, 1.165) is 23.5 Å². The molecule has 1 aromatic carbocycles. The molecule has 0 saturated heterocycles. The van der Waals surface area contributed by atoms with E-state index in [0.29, 0.717) is 18.3 Å². The average Bonchev–Trinajstić information content (AvgIpc) is 2.80. The van der Waals surface area contributed by atoms with Gasteiger partial charge in [0.1, 0.15) is 5.82 Å². The van der Waals surface area contributed by atoms with Crippen molar-refractivity contribution in [1.82, 2.24) is 14.8 Å². The van der Waals surface area contributed by atoms with Crippen LogP contribution in [0.1, 0.15) is 25.2 Å². The predicted molar refractivity (Wildman–Crippen MR) is 79.6 cm³/mol. The molecular weight excluding hydrogens is 270 g/mol. The zero-order valence-corrected chi connectivity index (χ0v) is 12.4. The lowest BCUT2D eigenvalue weighted by Crippen LogP contribution is -2.13.